The van der Waals surface area contributed by atoms with Crippen molar-refractivity contribution in [2.75, 3.05) is 0 Å². The van der Waals surface area contributed by atoms with Crippen molar-refractivity contribution in [3.63, 3.8) is 0 Å². The molecule has 0 saturated heterocycles. The maximum absolute atomic E-state index is 11.6. The van der Waals surface area contributed by atoms with Gasteiger partial charge < -0.3 is 5.11 Å². The Morgan fingerprint density at radius 3 is 1.45 bits per heavy atom. The second-order valence-corrected chi connectivity index (χ2v) is 10.2. The van der Waals surface area contributed by atoms with Gasteiger partial charge in [0.1, 0.15) is 0 Å². The van der Waals surface area contributed by atoms with Crippen molar-refractivity contribution in [1.29, 1.82) is 0 Å². The van der Waals surface area contributed by atoms with E-state index in [9.17, 15) is 5.11 Å². The highest BCUT2D eigenvalue weighted by molar-refractivity contribution is 4.86. The first-order valence-electron chi connectivity index (χ1n) is 14.5. The van der Waals surface area contributed by atoms with Crippen molar-refractivity contribution < 1.29 is 5.11 Å². The molecule has 1 heteroatoms. The molecule has 186 valence electrons. The van der Waals surface area contributed by atoms with Crippen LogP contribution in [0.5, 0.6) is 0 Å². The molecule has 0 bridgehead atoms. The monoisotopic (exact) mass is 436 g/mol. The summed E-state index contributed by atoms with van der Waals surface area (Å²) in [6.07, 6.45) is 32.8. The smallest absolute Gasteiger partial charge is 0.0675 e. The van der Waals surface area contributed by atoms with Crippen LogP contribution >= 0.6 is 0 Å². The molecule has 0 rings (SSSR count). The molecule has 0 aliphatic rings. The van der Waals surface area contributed by atoms with Gasteiger partial charge in [0, 0.05) is 0 Å². The van der Waals surface area contributed by atoms with Crippen LogP contribution in [0.25, 0.3) is 0 Å². The zero-order chi connectivity index (χ0) is 23.0. The largest absolute Gasteiger partial charge is 0.390 e. The van der Waals surface area contributed by atoms with E-state index in [1.165, 1.54) is 128 Å². The zero-order valence-corrected chi connectivity index (χ0v) is 22.2. The molecule has 0 aliphatic heterocycles. The lowest BCUT2D eigenvalue weighted by Gasteiger charge is -2.37. The summed E-state index contributed by atoms with van der Waals surface area (Å²) in [6, 6.07) is 0. The minimum atomic E-state index is -0.402. The van der Waals surface area contributed by atoms with E-state index in [1.54, 1.807) is 0 Å². The molecule has 0 aromatic heterocycles. The fourth-order valence-electron chi connectivity index (χ4n) is 4.92. The van der Waals surface area contributed by atoms with Crippen LogP contribution < -0.4 is 0 Å². The Balaban J connectivity index is 4.07. The molecule has 0 fully saturated rings. The Hall–Kier alpha value is -0.300. The van der Waals surface area contributed by atoms with E-state index in [-0.39, 0.29) is 0 Å². The van der Waals surface area contributed by atoms with Crippen molar-refractivity contribution in [3.8, 4) is 0 Å². The van der Waals surface area contributed by atoms with Crippen LogP contribution in [0.1, 0.15) is 169 Å². The van der Waals surface area contributed by atoms with Gasteiger partial charge in [-0.05, 0) is 57.3 Å². The van der Waals surface area contributed by atoms with E-state index in [4.69, 9.17) is 0 Å². The summed E-state index contributed by atoms with van der Waals surface area (Å²) in [5.41, 5.74) is -0.402. The minimum absolute atomic E-state index is 0.402. The fraction of sp³-hybridized carbons (Fsp3) is 0.933. The van der Waals surface area contributed by atoms with Crippen molar-refractivity contribution in [2.45, 2.75) is 175 Å². The van der Waals surface area contributed by atoms with Crippen LogP contribution in [0.4, 0.5) is 0 Å². The van der Waals surface area contributed by atoms with Gasteiger partial charge in [-0.1, -0.05) is 130 Å². The van der Waals surface area contributed by atoms with E-state index < -0.39 is 5.60 Å². The van der Waals surface area contributed by atoms with Gasteiger partial charge in [0.25, 0.3) is 0 Å². The number of allylic oxidation sites excluding steroid dienone is 2. The number of rotatable bonds is 24. The van der Waals surface area contributed by atoms with Crippen LogP contribution in [0.15, 0.2) is 12.2 Å². The van der Waals surface area contributed by atoms with Crippen molar-refractivity contribution in [1.82, 2.24) is 0 Å². The molecule has 0 heterocycles. The first-order chi connectivity index (χ1) is 15.1. The highest BCUT2D eigenvalue weighted by Gasteiger charge is 2.34. The predicted molar refractivity (Wildman–Crippen MR) is 142 cm³/mol. The third-order valence-corrected chi connectivity index (χ3v) is 7.16. The predicted octanol–water partition coefficient (Wildman–Crippen LogP) is 10.6. The maximum Gasteiger partial charge on any atom is 0.0675 e. The lowest BCUT2D eigenvalue weighted by Crippen LogP contribution is -2.38. The van der Waals surface area contributed by atoms with Crippen LogP contribution in [0.3, 0.4) is 0 Å². The number of unbranched alkanes of at least 4 members (excludes halogenated alkanes) is 13. The van der Waals surface area contributed by atoms with Gasteiger partial charge in [-0.25, -0.2) is 0 Å². The Bertz CT molecular complexity index is 365. The van der Waals surface area contributed by atoms with Gasteiger partial charge in [0.05, 0.1) is 5.60 Å². The third kappa shape index (κ3) is 17.9. The van der Waals surface area contributed by atoms with Gasteiger partial charge in [-0.2, -0.15) is 0 Å². The average molecular weight is 437 g/mol. The standard InChI is InChI=1S/C30H60O/c1-5-9-13-14-15-16-17-18-19-20-21-22-23-24-26-29(25-10-6-2)30(31,27-11-7-3)28-12-8-4/h18-19,29,31H,5-17,20-28H2,1-4H3/b19-18-. The molecule has 0 aromatic carbocycles. The van der Waals surface area contributed by atoms with Crippen LogP contribution in [-0.2, 0) is 0 Å². The molecule has 0 saturated carbocycles. The molecule has 1 atom stereocenters. The first kappa shape index (κ1) is 30.7. The molecule has 0 aromatic rings. The quantitative estimate of drug-likeness (QED) is 0.118. The van der Waals surface area contributed by atoms with Crippen LogP contribution in [0.2, 0.25) is 0 Å². The summed E-state index contributed by atoms with van der Waals surface area (Å²) in [7, 11) is 0. The molecular formula is C30H60O. The van der Waals surface area contributed by atoms with Gasteiger partial charge >= 0.3 is 0 Å². The summed E-state index contributed by atoms with van der Waals surface area (Å²) in [5.74, 6) is 0.516. The molecule has 31 heavy (non-hydrogen) atoms. The van der Waals surface area contributed by atoms with E-state index in [1.807, 2.05) is 0 Å². The Kier molecular flexibility index (Phi) is 22.7. The summed E-state index contributed by atoms with van der Waals surface area (Å²) >= 11 is 0. The molecule has 0 spiro atoms. The molecule has 0 radical (unpaired) electrons. The molecule has 1 N–H and O–H groups in total. The highest BCUT2D eigenvalue weighted by Crippen LogP contribution is 2.36. The van der Waals surface area contributed by atoms with Crippen LogP contribution in [0, 0.1) is 5.92 Å². The van der Waals surface area contributed by atoms with E-state index >= 15 is 0 Å². The van der Waals surface area contributed by atoms with Gasteiger partial charge in [0.2, 0.25) is 0 Å². The van der Waals surface area contributed by atoms with Crippen LogP contribution in [-0.4, -0.2) is 10.7 Å². The highest BCUT2D eigenvalue weighted by atomic mass is 16.3. The Morgan fingerprint density at radius 1 is 0.516 bits per heavy atom. The summed E-state index contributed by atoms with van der Waals surface area (Å²) in [4.78, 5) is 0. The molecule has 1 nitrogen and oxygen atoms in total. The molecular weight excluding hydrogens is 376 g/mol. The summed E-state index contributed by atoms with van der Waals surface area (Å²) in [5, 5.41) is 11.6. The second-order valence-electron chi connectivity index (χ2n) is 10.2. The van der Waals surface area contributed by atoms with Crippen molar-refractivity contribution in [2.24, 2.45) is 5.92 Å². The maximum atomic E-state index is 11.6. The first-order valence-corrected chi connectivity index (χ1v) is 14.5. The SMILES string of the molecule is CCCCCCCC/C=C\CCCCCCC(CCCC)C(O)(CCCC)CCCC. The average Bonchev–Trinajstić information content (AvgIpc) is 2.78. The molecule has 1 unspecified atom stereocenters. The lowest BCUT2D eigenvalue weighted by molar-refractivity contribution is -0.0449. The van der Waals surface area contributed by atoms with E-state index in [2.05, 4.69) is 39.8 Å². The van der Waals surface area contributed by atoms with E-state index in [0.29, 0.717) is 5.92 Å². The number of aliphatic hydroxyl groups is 1. The normalized spacial score (nSPS) is 13.3. The topological polar surface area (TPSA) is 20.2 Å². The van der Waals surface area contributed by atoms with Crippen molar-refractivity contribution in [3.05, 3.63) is 12.2 Å². The fourth-order valence-corrected chi connectivity index (χ4v) is 4.92. The van der Waals surface area contributed by atoms with Gasteiger partial charge in [-0.3, -0.25) is 0 Å². The molecule has 0 amide bonds. The van der Waals surface area contributed by atoms with Crippen molar-refractivity contribution >= 4 is 0 Å². The Morgan fingerprint density at radius 2 is 0.935 bits per heavy atom. The zero-order valence-electron chi connectivity index (χ0n) is 22.2. The number of hydrogen-bond acceptors (Lipinski definition) is 1. The number of hydrogen-bond donors (Lipinski definition) is 1. The van der Waals surface area contributed by atoms with Gasteiger partial charge in [-0.15, -0.1) is 0 Å². The van der Waals surface area contributed by atoms with Gasteiger partial charge in [0.15, 0.2) is 0 Å². The Labute approximate surface area is 197 Å². The summed E-state index contributed by atoms with van der Waals surface area (Å²) < 4.78 is 0. The molecule has 0 aliphatic carbocycles. The third-order valence-electron chi connectivity index (χ3n) is 7.16. The lowest BCUT2D eigenvalue weighted by atomic mass is 9.74. The summed E-state index contributed by atoms with van der Waals surface area (Å²) in [6.45, 7) is 9.08. The second kappa shape index (κ2) is 22.9. The minimum Gasteiger partial charge on any atom is -0.390 e. The van der Waals surface area contributed by atoms with E-state index in [0.717, 1.165) is 12.8 Å².